The lowest BCUT2D eigenvalue weighted by Crippen LogP contribution is -2.18. The summed E-state index contributed by atoms with van der Waals surface area (Å²) in [5, 5.41) is 5.69. The minimum atomic E-state index is 0.491. The van der Waals surface area contributed by atoms with Gasteiger partial charge in [0.1, 0.15) is 5.01 Å². The Labute approximate surface area is 137 Å². The quantitative estimate of drug-likeness (QED) is 0.772. The lowest BCUT2D eigenvalue weighted by atomic mass is 9.96. The minimum Gasteiger partial charge on any atom is -0.254 e. The van der Waals surface area contributed by atoms with Gasteiger partial charge in [-0.1, -0.05) is 52.6 Å². The number of halogens is 1. The Morgan fingerprint density at radius 3 is 2.76 bits per heavy atom. The number of hydrogen-bond donors (Lipinski definition) is 0. The fraction of sp³-hybridized carbons (Fsp3) is 0.500. The van der Waals surface area contributed by atoms with E-state index in [4.69, 9.17) is 4.99 Å². The van der Waals surface area contributed by atoms with Crippen molar-refractivity contribution in [1.82, 2.24) is 9.78 Å². The minimum absolute atomic E-state index is 0.491. The van der Waals surface area contributed by atoms with Gasteiger partial charge in [0.25, 0.3) is 0 Å². The molecule has 1 saturated carbocycles. The predicted molar refractivity (Wildman–Crippen MR) is 91.4 cm³/mol. The normalized spacial score (nSPS) is 17.4. The average Bonchev–Trinajstić information content (AvgIpc) is 2.84. The Kier molecular flexibility index (Phi) is 4.60. The van der Waals surface area contributed by atoms with Gasteiger partial charge in [-0.15, -0.1) is 0 Å². The number of benzene rings is 1. The second kappa shape index (κ2) is 6.44. The molecule has 0 bridgehead atoms. The van der Waals surface area contributed by atoms with E-state index in [9.17, 15) is 0 Å². The van der Waals surface area contributed by atoms with Gasteiger partial charge in [-0.25, -0.2) is 4.68 Å². The summed E-state index contributed by atoms with van der Waals surface area (Å²) in [6, 6.07) is 6.86. The van der Waals surface area contributed by atoms with E-state index in [1.54, 1.807) is 11.3 Å². The van der Waals surface area contributed by atoms with Crippen LogP contribution in [0, 0.1) is 6.92 Å². The Balaban J connectivity index is 1.93. The monoisotopic (exact) mass is 365 g/mol. The molecule has 1 aliphatic rings. The van der Waals surface area contributed by atoms with Gasteiger partial charge in [0.05, 0.1) is 6.04 Å². The number of aromatic nitrogens is 2. The number of hydrogen-bond acceptors (Lipinski definition) is 3. The molecule has 0 amide bonds. The molecule has 1 aliphatic carbocycles. The third-order valence-corrected chi connectivity index (χ3v) is 5.93. The van der Waals surface area contributed by atoms with Crippen LogP contribution in [0.4, 0.5) is 0 Å². The van der Waals surface area contributed by atoms with Gasteiger partial charge in [-0.05, 0) is 37.5 Å². The maximum absolute atomic E-state index is 4.91. The molecule has 3 nitrogen and oxygen atoms in total. The SMILES string of the molecule is Cc1cc(-c2nn(C)/c(=N\C3CCCCC3)s2)ccc1Br. The van der Waals surface area contributed by atoms with Gasteiger partial charge in [-0.3, -0.25) is 4.99 Å². The van der Waals surface area contributed by atoms with E-state index in [2.05, 4.69) is 46.2 Å². The molecular formula is C16H20BrN3S. The molecule has 2 aromatic rings. The third kappa shape index (κ3) is 3.46. The van der Waals surface area contributed by atoms with Crippen LogP contribution in [-0.2, 0) is 7.05 Å². The first-order chi connectivity index (χ1) is 10.1. The van der Waals surface area contributed by atoms with Crippen molar-refractivity contribution in [3.8, 4) is 10.6 Å². The van der Waals surface area contributed by atoms with E-state index in [1.165, 1.54) is 43.2 Å². The van der Waals surface area contributed by atoms with Crippen LogP contribution >= 0.6 is 27.3 Å². The lowest BCUT2D eigenvalue weighted by Gasteiger charge is -2.16. The first-order valence-corrected chi connectivity index (χ1v) is 9.09. The third-order valence-electron chi connectivity index (χ3n) is 3.98. The summed E-state index contributed by atoms with van der Waals surface area (Å²) in [6.07, 6.45) is 6.45. The summed E-state index contributed by atoms with van der Waals surface area (Å²) in [5.74, 6) is 0. The molecule has 0 N–H and O–H groups in total. The fourth-order valence-electron chi connectivity index (χ4n) is 2.72. The Morgan fingerprint density at radius 1 is 1.29 bits per heavy atom. The molecule has 0 radical (unpaired) electrons. The lowest BCUT2D eigenvalue weighted by molar-refractivity contribution is 0.434. The van der Waals surface area contributed by atoms with Crippen LogP contribution in [0.3, 0.4) is 0 Å². The molecule has 112 valence electrons. The Hall–Kier alpha value is -0.940. The Bertz CT molecular complexity index is 696. The molecule has 1 aromatic heterocycles. The summed E-state index contributed by atoms with van der Waals surface area (Å²) < 4.78 is 3.06. The van der Waals surface area contributed by atoms with Crippen molar-refractivity contribution in [2.24, 2.45) is 12.0 Å². The highest BCUT2D eigenvalue weighted by Gasteiger charge is 2.13. The average molecular weight is 366 g/mol. The number of rotatable bonds is 2. The van der Waals surface area contributed by atoms with Gasteiger partial charge in [0.15, 0.2) is 0 Å². The predicted octanol–water partition coefficient (Wildman–Crippen LogP) is 4.45. The molecule has 0 spiro atoms. The summed E-state index contributed by atoms with van der Waals surface area (Å²) in [7, 11) is 1.99. The van der Waals surface area contributed by atoms with Crippen molar-refractivity contribution in [2.45, 2.75) is 45.1 Å². The molecule has 0 unspecified atom stereocenters. The fourth-order valence-corrected chi connectivity index (χ4v) is 3.92. The maximum Gasteiger partial charge on any atom is 0.203 e. The van der Waals surface area contributed by atoms with Gasteiger partial charge < -0.3 is 0 Å². The Morgan fingerprint density at radius 2 is 2.05 bits per heavy atom. The van der Waals surface area contributed by atoms with Crippen LogP contribution in [0.5, 0.6) is 0 Å². The van der Waals surface area contributed by atoms with E-state index in [0.717, 1.165) is 14.3 Å². The van der Waals surface area contributed by atoms with Crippen LogP contribution in [0.2, 0.25) is 0 Å². The highest BCUT2D eigenvalue weighted by molar-refractivity contribution is 9.10. The van der Waals surface area contributed by atoms with Crippen molar-refractivity contribution in [2.75, 3.05) is 0 Å². The zero-order chi connectivity index (χ0) is 14.8. The van der Waals surface area contributed by atoms with Crippen molar-refractivity contribution in [3.05, 3.63) is 33.0 Å². The largest absolute Gasteiger partial charge is 0.254 e. The first kappa shape index (κ1) is 15.0. The maximum atomic E-state index is 4.91. The number of aryl methyl sites for hydroxylation is 2. The zero-order valence-corrected chi connectivity index (χ0v) is 14.9. The van der Waals surface area contributed by atoms with E-state index in [1.807, 2.05) is 11.7 Å². The summed E-state index contributed by atoms with van der Waals surface area (Å²) >= 11 is 5.24. The summed E-state index contributed by atoms with van der Waals surface area (Å²) in [5.41, 5.74) is 2.40. The van der Waals surface area contributed by atoms with Gasteiger partial charge in [-0.2, -0.15) is 5.10 Å². The van der Waals surface area contributed by atoms with Crippen LogP contribution in [-0.4, -0.2) is 15.8 Å². The molecule has 1 aromatic carbocycles. The molecule has 5 heteroatoms. The van der Waals surface area contributed by atoms with E-state index in [0.29, 0.717) is 6.04 Å². The van der Waals surface area contributed by atoms with Gasteiger partial charge in [0.2, 0.25) is 4.80 Å². The second-order valence-corrected chi connectivity index (χ2v) is 7.51. The van der Waals surface area contributed by atoms with Crippen LogP contribution < -0.4 is 4.80 Å². The molecule has 0 saturated heterocycles. The van der Waals surface area contributed by atoms with E-state index in [-0.39, 0.29) is 0 Å². The van der Waals surface area contributed by atoms with Crippen LogP contribution in [0.1, 0.15) is 37.7 Å². The standard InChI is InChI=1S/C16H20BrN3S/c1-11-10-12(8-9-14(11)17)15-19-20(2)16(21-15)18-13-6-4-3-5-7-13/h8-10,13H,3-7H2,1-2H3/b18-16+. The molecule has 3 rings (SSSR count). The zero-order valence-electron chi connectivity index (χ0n) is 12.5. The van der Waals surface area contributed by atoms with Crippen molar-refractivity contribution >= 4 is 27.3 Å². The van der Waals surface area contributed by atoms with E-state index < -0.39 is 0 Å². The number of nitrogens with zero attached hydrogens (tertiary/aromatic N) is 3. The molecular weight excluding hydrogens is 346 g/mol. The molecule has 0 atom stereocenters. The van der Waals surface area contributed by atoms with Crippen LogP contribution in [0.25, 0.3) is 10.6 Å². The molecule has 1 heterocycles. The summed E-state index contributed by atoms with van der Waals surface area (Å²) in [6.45, 7) is 2.11. The van der Waals surface area contributed by atoms with Gasteiger partial charge >= 0.3 is 0 Å². The first-order valence-electron chi connectivity index (χ1n) is 7.48. The van der Waals surface area contributed by atoms with E-state index >= 15 is 0 Å². The summed E-state index contributed by atoms with van der Waals surface area (Å²) in [4.78, 5) is 5.95. The molecule has 21 heavy (non-hydrogen) atoms. The molecule has 0 aliphatic heterocycles. The topological polar surface area (TPSA) is 30.2 Å². The van der Waals surface area contributed by atoms with Crippen molar-refractivity contribution in [1.29, 1.82) is 0 Å². The van der Waals surface area contributed by atoms with Crippen molar-refractivity contribution < 1.29 is 0 Å². The highest BCUT2D eigenvalue weighted by atomic mass is 79.9. The van der Waals surface area contributed by atoms with Crippen LogP contribution in [0.15, 0.2) is 27.7 Å². The van der Waals surface area contributed by atoms with Crippen molar-refractivity contribution in [3.63, 3.8) is 0 Å². The highest BCUT2D eigenvalue weighted by Crippen LogP contribution is 2.25. The van der Waals surface area contributed by atoms with Gasteiger partial charge in [0, 0.05) is 17.1 Å². The molecule has 1 fully saturated rings. The smallest absolute Gasteiger partial charge is 0.203 e. The second-order valence-electron chi connectivity index (χ2n) is 5.70.